The van der Waals surface area contributed by atoms with Crippen molar-refractivity contribution in [2.75, 3.05) is 13.1 Å². The molecule has 1 fully saturated rings. The van der Waals surface area contributed by atoms with E-state index in [1.807, 2.05) is 0 Å². The van der Waals surface area contributed by atoms with Crippen molar-refractivity contribution in [3.8, 4) is 11.4 Å². The summed E-state index contributed by atoms with van der Waals surface area (Å²) < 4.78 is 61.1. The molecule has 4 rings (SSSR count). The monoisotopic (exact) mass is 467 g/mol. The smallest absolute Gasteiger partial charge is 0.374 e. The van der Waals surface area contributed by atoms with Crippen molar-refractivity contribution >= 4 is 5.91 Å². The molecule has 176 valence electrons. The van der Waals surface area contributed by atoms with E-state index in [0.717, 1.165) is 10.8 Å². The van der Waals surface area contributed by atoms with E-state index in [1.54, 1.807) is 6.07 Å². The molecule has 0 spiro atoms. The molecular weight excluding hydrogens is 446 g/mol. The summed E-state index contributed by atoms with van der Waals surface area (Å²) in [5, 5.41) is 14.3. The largest absolute Gasteiger partial charge is 0.425 e. The Labute approximate surface area is 185 Å². The average molecular weight is 467 g/mol. The summed E-state index contributed by atoms with van der Waals surface area (Å²) >= 11 is 0. The molecule has 12 heteroatoms. The molecule has 3 aromatic rings. The summed E-state index contributed by atoms with van der Waals surface area (Å²) in [5.74, 6) is -2.00. The predicted molar refractivity (Wildman–Crippen MR) is 106 cm³/mol. The van der Waals surface area contributed by atoms with Crippen LogP contribution >= 0.6 is 0 Å². The van der Waals surface area contributed by atoms with Gasteiger partial charge in [-0.1, -0.05) is 17.3 Å². The van der Waals surface area contributed by atoms with Crippen LogP contribution in [-0.4, -0.2) is 54.9 Å². The van der Waals surface area contributed by atoms with E-state index in [-0.39, 0.29) is 24.8 Å². The topological polar surface area (TPSA) is 97.3 Å². The van der Waals surface area contributed by atoms with Crippen molar-refractivity contribution in [1.82, 2.24) is 24.6 Å². The first-order valence-corrected chi connectivity index (χ1v) is 10.2. The predicted octanol–water partition coefficient (Wildman–Crippen LogP) is 3.16. The Morgan fingerprint density at radius 3 is 2.79 bits per heavy atom. The van der Waals surface area contributed by atoms with Crippen LogP contribution in [0.2, 0.25) is 0 Å². The van der Waals surface area contributed by atoms with Crippen LogP contribution in [-0.2, 0) is 17.4 Å². The molecule has 1 aliphatic heterocycles. The Kier molecular flexibility index (Phi) is 5.95. The minimum atomic E-state index is -5.11. The lowest BCUT2D eigenvalue weighted by Gasteiger charge is -2.35. The first-order chi connectivity index (χ1) is 15.6. The van der Waals surface area contributed by atoms with Crippen molar-refractivity contribution in [2.45, 2.75) is 37.0 Å². The summed E-state index contributed by atoms with van der Waals surface area (Å²) in [6.45, 7) is 0.285. The highest BCUT2D eigenvalue weighted by atomic mass is 19.4. The molecule has 33 heavy (non-hydrogen) atoms. The number of hydrogen-bond donors (Lipinski definition) is 1. The number of nitrogens with zero attached hydrogens (tertiary/aromatic N) is 5. The van der Waals surface area contributed by atoms with Crippen molar-refractivity contribution in [3.63, 3.8) is 0 Å². The van der Waals surface area contributed by atoms with Crippen LogP contribution in [0.4, 0.5) is 17.6 Å². The number of aliphatic hydroxyl groups is 1. The lowest BCUT2D eigenvalue weighted by atomic mass is 9.94. The molecule has 0 saturated carbocycles. The first kappa shape index (κ1) is 22.9. The second-order valence-corrected chi connectivity index (χ2v) is 8.04. The molecule has 8 nitrogen and oxygen atoms in total. The molecule has 1 saturated heterocycles. The quantitative estimate of drug-likeness (QED) is 0.579. The molecule has 2 unspecified atom stereocenters. The number of halogens is 4. The summed E-state index contributed by atoms with van der Waals surface area (Å²) in [7, 11) is 1.31. The van der Waals surface area contributed by atoms with E-state index in [2.05, 4.69) is 15.1 Å². The van der Waals surface area contributed by atoms with E-state index in [9.17, 15) is 27.5 Å². The number of hydrogen-bond acceptors (Lipinski definition) is 6. The van der Waals surface area contributed by atoms with Crippen LogP contribution in [0.3, 0.4) is 0 Å². The first-order valence-electron chi connectivity index (χ1n) is 10.2. The number of aromatic nitrogens is 4. The Morgan fingerprint density at radius 2 is 2.12 bits per heavy atom. The summed E-state index contributed by atoms with van der Waals surface area (Å²) in [4.78, 5) is 22.0. The number of likely N-dealkylation sites (tertiary alicyclic amines) is 1. The summed E-state index contributed by atoms with van der Waals surface area (Å²) in [6, 6.07) is 5.65. The van der Waals surface area contributed by atoms with E-state index in [4.69, 9.17) is 4.52 Å². The van der Waals surface area contributed by atoms with Crippen LogP contribution < -0.4 is 0 Å². The highest BCUT2D eigenvalue weighted by Gasteiger charge is 2.59. The van der Waals surface area contributed by atoms with Gasteiger partial charge < -0.3 is 19.1 Å². The highest BCUT2D eigenvalue weighted by Crippen LogP contribution is 2.41. The maximum absolute atomic E-state index is 13.8. The third-order valence-electron chi connectivity index (χ3n) is 5.72. The van der Waals surface area contributed by atoms with Gasteiger partial charge in [-0.15, -0.1) is 0 Å². The van der Waals surface area contributed by atoms with Crippen molar-refractivity contribution in [3.05, 3.63) is 54.2 Å². The lowest BCUT2D eigenvalue weighted by molar-refractivity contribution is -0.272. The van der Waals surface area contributed by atoms with Crippen LogP contribution in [0.15, 0.2) is 41.2 Å². The lowest BCUT2D eigenvalue weighted by Crippen LogP contribution is -2.49. The molecule has 2 atom stereocenters. The number of piperidine rings is 1. The summed E-state index contributed by atoms with van der Waals surface area (Å²) in [5.41, 5.74) is -3.01. The fourth-order valence-corrected chi connectivity index (χ4v) is 3.95. The molecule has 1 N–H and O–H groups in total. The van der Waals surface area contributed by atoms with Gasteiger partial charge in [-0.2, -0.15) is 18.2 Å². The third-order valence-corrected chi connectivity index (χ3v) is 5.72. The molecule has 3 heterocycles. The number of benzene rings is 1. The second kappa shape index (κ2) is 8.58. The Balaban J connectivity index is 1.50. The van der Waals surface area contributed by atoms with Crippen molar-refractivity contribution in [2.24, 2.45) is 7.05 Å². The number of carbonyl (C=O) groups excluding carboxylic acids is 1. The molecule has 0 radical (unpaired) electrons. The zero-order valence-electron chi connectivity index (χ0n) is 17.6. The average Bonchev–Trinajstić information content (AvgIpc) is 3.42. The third kappa shape index (κ3) is 4.47. The second-order valence-electron chi connectivity index (χ2n) is 8.04. The molecule has 2 aromatic heterocycles. The maximum atomic E-state index is 13.8. The van der Waals surface area contributed by atoms with Gasteiger partial charge in [-0.05, 0) is 25.0 Å². The highest BCUT2D eigenvalue weighted by molar-refractivity contribution is 5.77. The number of rotatable bonds is 5. The van der Waals surface area contributed by atoms with Gasteiger partial charge in [-0.3, -0.25) is 4.79 Å². The van der Waals surface area contributed by atoms with Gasteiger partial charge in [0.25, 0.3) is 0 Å². The fraction of sp³-hybridized carbons (Fsp3) is 0.429. The van der Waals surface area contributed by atoms with Crippen LogP contribution in [0.25, 0.3) is 11.4 Å². The van der Waals surface area contributed by atoms with Gasteiger partial charge in [0.1, 0.15) is 5.82 Å². The number of alkyl halides is 3. The molecule has 1 aliphatic rings. The summed E-state index contributed by atoms with van der Waals surface area (Å²) in [6.07, 6.45) is -2.84. The Hall–Kier alpha value is -3.28. The van der Waals surface area contributed by atoms with Crippen LogP contribution in [0, 0.1) is 5.82 Å². The SMILES string of the molecule is Cn1ccnc1C(O)(CC(=O)N1CCCC(c2nc(-c3cccc(F)c3)no2)C1)C(F)(F)F. The van der Waals surface area contributed by atoms with Crippen molar-refractivity contribution in [1.29, 1.82) is 0 Å². The maximum Gasteiger partial charge on any atom is 0.425 e. The van der Waals surface area contributed by atoms with E-state index < -0.39 is 41.7 Å². The minimum absolute atomic E-state index is 0.0537. The molecule has 0 aliphatic carbocycles. The zero-order chi connectivity index (χ0) is 23.8. The Morgan fingerprint density at radius 1 is 1.33 bits per heavy atom. The molecular formula is C21H21F4N5O3. The van der Waals surface area contributed by atoms with Gasteiger partial charge in [-0.25, -0.2) is 9.37 Å². The number of amides is 1. The number of aryl methyl sites for hydroxylation is 1. The van der Waals surface area contributed by atoms with Gasteiger partial charge in [0.15, 0.2) is 5.82 Å². The molecule has 1 amide bonds. The van der Waals surface area contributed by atoms with Crippen LogP contribution in [0.5, 0.6) is 0 Å². The normalized spacial score (nSPS) is 18.8. The molecule has 1 aromatic carbocycles. The fourth-order valence-electron chi connectivity index (χ4n) is 3.95. The van der Waals surface area contributed by atoms with Gasteiger partial charge in [0.2, 0.25) is 23.2 Å². The zero-order valence-corrected chi connectivity index (χ0v) is 17.6. The van der Waals surface area contributed by atoms with Crippen LogP contribution in [0.1, 0.15) is 36.9 Å². The minimum Gasteiger partial charge on any atom is -0.374 e. The van der Waals surface area contributed by atoms with Gasteiger partial charge >= 0.3 is 6.18 Å². The van der Waals surface area contributed by atoms with E-state index >= 15 is 0 Å². The standard InChI is InChI=1S/C21H21F4N5O3/c1-29-9-7-26-19(29)20(32,21(23,24)25)11-16(31)30-8-3-5-14(12-30)18-27-17(28-33-18)13-4-2-6-15(22)10-13/h2,4,6-7,9-10,14,32H,3,5,8,11-12H2,1H3. The Bertz CT molecular complexity index is 1140. The van der Waals surface area contributed by atoms with E-state index in [0.29, 0.717) is 18.4 Å². The van der Waals surface area contributed by atoms with Crippen molar-refractivity contribution < 1.29 is 32.0 Å². The number of carbonyl (C=O) groups is 1. The number of imidazole rings is 1. The molecule has 0 bridgehead atoms. The van der Waals surface area contributed by atoms with Gasteiger partial charge in [0, 0.05) is 38.1 Å². The van der Waals surface area contributed by atoms with E-state index in [1.165, 1.54) is 36.3 Å². The van der Waals surface area contributed by atoms with Gasteiger partial charge in [0.05, 0.1) is 12.3 Å².